The first-order chi connectivity index (χ1) is 21.3. The molecule has 2 aromatic heterocycles. The maximum absolute atomic E-state index is 14.1. The molecular weight excluding hydrogens is 602 g/mol. The van der Waals surface area contributed by atoms with E-state index in [1.807, 2.05) is 31.2 Å². The minimum atomic E-state index is -1.07. The number of rotatable bonds is 9. The number of aromatic nitrogens is 2. The van der Waals surface area contributed by atoms with Crippen molar-refractivity contribution in [2.75, 3.05) is 4.90 Å². The summed E-state index contributed by atoms with van der Waals surface area (Å²) in [5.41, 5.74) is 2.88. The van der Waals surface area contributed by atoms with E-state index < -0.39 is 17.7 Å². The molecule has 1 aliphatic heterocycles. The quantitative estimate of drug-likeness (QED) is 0.0593. The highest BCUT2D eigenvalue weighted by Gasteiger charge is 2.49. The van der Waals surface area contributed by atoms with Crippen molar-refractivity contribution in [1.29, 1.82) is 0 Å². The van der Waals surface area contributed by atoms with Crippen LogP contribution in [0.1, 0.15) is 39.8 Å². The standard InChI is InChI=1S/C33H26FN3O5S2/c1-19-7-3-4-8-22(19)17-41-24-14-12-21(13-15-24)29(38)27-28(26-16-11-20(2)42-26)37(31(40)30(27)39)32-35-36-33(44-32)43-18-23-9-5-6-10-25(23)34/h3-16,28,38H,17-18H2,1-2H3/b29-27+. The zero-order valence-electron chi connectivity index (χ0n) is 23.7. The Hall–Kier alpha value is -4.74. The van der Waals surface area contributed by atoms with E-state index >= 15 is 0 Å². The molecule has 3 heterocycles. The minimum Gasteiger partial charge on any atom is -0.507 e. The lowest BCUT2D eigenvalue weighted by atomic mass is 9.99. The van der Waals surface area contributed by atoms with E-state index in [1.165, 1.54) is 22.7 Å². The first-order valence-corrected chi connectivity index (χ1v) is 15.4. The molecule has 11 heteroatoms. The molecule has 8 nitrogen and oxygen atoms in total. The Balaban J connectivity index is 1.29. The van der Waals surface area contributed by atoms with Gasteiger partial charge in [0.15, 0.2) is 4.34 Å². The monoisotopic (exact) mass is 627 g/mol. The summed E-state index contributed by atoms with van der Waals surface area (Å²) in [6, 6.07) is 23.3. The van der Waals surface area contributed by atoms with Gasteiger partial charge < -0.3 is 14.3 Å². The van der Waals surface area contributed by atoms with Gasteiger partial charge in [0.2, 0.25) is 5.13 Å². The number of hydrogen-bond donors (Lipinski definition) is 1. The van der Waals surface area contributed by atoms with Crippen LogP contribution in [0.5, 0.6) is 5.75 Å². The van der Waals surface area contributed by atoms with Gasteiger partial charge in [0, 0.05) is 11.3 Å². The van der Waals surface area contributed by atoms with Gasteiger partial charge in [-0.1, -0.05) is 65.6 Å². The van der Waals surface area contributed by atoms with Crippen molar-refractivity contribution < 1.29 is 28.2 Å². The highest BCUT2D eigenvalue weighted by atomic mass is 32.2. The Bertz CT molecular complexity index is 1880. The third-order valence-corrected chi connectivity index (χ3v) is 9.27. The fraction of sp³-hybridized carbons (Fsp3) is 0.152. The molecule has 1 atom stereocenters. The lowest BCUT2D eigenvalue weighted by Crippen LogP contribution is -2.29. The summed E-state index contributed by atoms with van der Waals surface area (Å²) in [5, 5.41) is 19.9. The van der Waals surface area contributed by atoms with Gasteiger partial charge in [-0.25, -0.2) is 4.39 Å². The van der Waals surface area contributed by atoms with Gasteiger partial charge >= 0.3 is 5.91 Å². The van der Waals surface area contributed by atoms with E-state index in [0.29, 0.717) is 39.3 Å². The molecule has 1 aliphatic rings. The number of Topliss-reactive ketones (excluding diaryl/α,β-unsaturated/α-hetero) is 1. The number of aryl methyl sites for hydroxylation is 2. The Labute approximate surface area is 260 Å². The van der Waals surface area contributed by atoms with Gasteiger partial charge in [-0.3, -0.25) is 14.5 Å². The number of anilines is 1. The number of aliphatic hydroxyl groups is 1. The van der Waals surface area contributed by atoms with Gasteiger partial charge in [0.1, 0.15) is 41.5 Å². The van der Waals surface area contributed by atoms with Crippen molar-refractivity contribution in [1.82, 2.24) is 10.2 Å². The van der Waals surface area contributed by atoms with Crippen LogP contribution in [0, 0.1) is 19.7 Å². The molecule has 0 aliphatic carbocycles. The summed E-state index contributed by atoms with van der Waals surface area (Å²) in [5.74, 6) is -0.675. The number of amides is 1. The highest BCUT2D eigenvalue weighted by molar-refractivity contribution is 8.00. The van der Waals surface area contributed by atoms with Crippen LogP contribution in [0.25, 0.3) is 5.76 Å². The summed E-state index contributed by atoms with van der Waals surface area (Å²) >= 11 is 2.36. The van der Waals surface area contributed by atoms with Crippen molar-refractivity contribution >= 4 is 45.7 Å². The number of thioether (sulfide) groups is 1. The van der Waals surface area contributed by atoms with Crippen LogP contribution in [0.2, 0.25) is 0 Å². The average molecular weight is 628 g/mol. The Morgan fingerprint density at radius 1 is 0.977 bits per heavy atom. The molecular formula is C33H26FN3O5S2. The third kappa shape index (κ3) is 5.88. The summed E-state index contributed by atoms with van der Waals surface area (Å²) in [7, 11) is 0. The molecule has 0 spiro atoms. The molecule has 222 valence electrons. The number of halogens is 1. The number of carbonyl (C=O) groups excluding carboxylic acids is 2. The largest absolute Gasteiger partial charge is 0.507 e. The van der Waals surface area contributed by atoms with E-state index in [4.69, 9.17) is 9.15 Å². The van der Waals surface area contributed by atoms with E-state index in [2.05, 4.69) is 10.2 Å². The normalized spacial score (nSPS) is 16.1. The first kappa shape index (κ1) is 29.3. The van der Waals surface area contributed by atoms with Crippen molar-refractivity contribution in [2.45, 2.75) is 36.6 Å². The molecule has 1 unspecified atom stereocenters. The fourth-order valence-corrected chi connectivity index (χ4v) is 6.66. The summed E-state index contributed by atoms with van der Waals surface area (Å²) < 4.78 is 26.4. The SMILES string of the molecule is Cc1ccc(C2/C(=C(\O)c3ccc(OCc4ccccc4C)cc3)C(=O)C(=O)N2c2nnc(SCc3ccccc3F)s2)o1. The number of benzene rings is 3. The van der Waals surface area contributed by atoms with Crippen LogP contribution in [-0.2, 0) is 21.9 Å². The molecule has 1 saturated heterocycles. The minimum absolute atomic E-state index is 0.131. The topological polar surface area (TPSA) is 106 Å². The highest BCUT2D eigenvalue weighted by Crippen LogP contribution is 2.44. The molecule has 1 amide bonds. The first-order valence-electron chi connectivity index (χ1n) is 13.6. The molecule has 5 aromatic rings. The third-order valence-electron chi connectivity index (χ3n) is 7.17. The number of hydrogen-bond acceptors (Lipinski definition) is 9. The number of ketones is 1. The molecule has 0 saturated carbocycles. The molecule has 44 heavy (non-hydrogen) atoms. The van der Waals surface area contributed by atoms with Crippen LogP contribution in [0.3, 0.4) is 0 Å². The Morgan fingerprint density at radius 2 is 1.70 bits per heavy atom. The van der Waals surface area contributed by atoms with Crippen molar-refractivity contribution in [3.63, 3.8) is 0 Å². The van der Waals surface area contributed by atoms with Crippen LogP contribution >= 0.6 is 23.1 Å². The van der Waals surface area contributed by atoms with E-state index in [0.717, 1.165) is 22.5 Å². The predicted molar refractivity (Wildman–Crippen MR) is 166 cm³/mol. The van der Waals surface area contributed by atoms with Crippen LogP contribution in [0.15, 0.2) is 99.3 Å². The molecule has 1 fully saturated rings. The smallest absolute Gasteiger partial charge is 0.302 e. The number of furan rings is 1. The van der Waals surface area contributed by atoms with Crippen molar-refractivity contribution in [3.05, 3.63) is 130 Å². The molecule has 3 aromatic carbocycles. The predicted octanol–water partition coefficient (Wildman–Crippen LogP) is 7.38. The number of ether oxygens (including phenoxy) is 1. The molecule has 0 bridgehead atoms. The number of carbonyl (C=O) groups is 2. The summed E-state index contributed by atoms with van der Waals surface area (Å²) in [6.45, 7) is 4.14. The Morgan fingerprint density at radius 3 is 2.41 bits per heavy atom. The van der Waals surface area contributed by atoms with Crippen molar-refractivity contribution in [3.8, 4) is 5.75 Å². The van der Waals surface area contributed by atoms with E-state index in [1.54, 1.807) is 61.5 Å². The number of nitrogens with zero attached hydrogens (tertiary/aromatic N) is 3. The second kappa shape index (κ2) is 12.5. The molecule has 1 N–H and O–H groups in total. The lowest BCUT2D eigenvalue weighted by molar-refractivity contribution is -0.132. The zero-order valence-corrected chi connectivity index (χ0v) is 25.3. The zero-order chi connectivity index (χ0) is 30.8. The molecule has 6 rings (SSSR count). The summed E-state index contributed by atoms with van der Waals surface area (Å²) in [6.07, 6.45) is 0. The molecule has 0 radical (unpaired) electrons. The van der Waals surface area contributed by atoms with E-state index in [9.17, 15) is 19.1 Å². The maximum atomic E-state index is 14.1. The van der Waals surface area contributed by atoms with Gasteiger partial charge in [0.05, 0.1) is 5.57 Å². The van der Waals surface area contributed by atoms with Crippen LogP contribution < -0.4 is 9.64 Å². The second-order valence-corrected chi connectivity index (χ2v) is 12.3. The van der Waals surface area contributed by atoms with Gasteiger partial charge in [-0.15, -0.1) is 10.2 Å². The Kier molecular flexibility index (Phi) is 8.32. The summed E-state index contributed by atoms with van der Waals surface area (Å²) in [4.78, 5) is 28.1. The second-order valence-electron chi connectivity index (χ2n) is 10.1. The van der Waals surface area contributed by atoms with Gasteiger partial charge in [-0.05, 0) is 73.0 Å². The fourth-order valence-electron chi connectivity index (χ4n) is 4.81. The lowest BCUT2D eigenvalue weighted by Gasteiger charge is -2.20. The van der Waals surface area contributed by atoms with Gasteiger partial charge in [-0.2, -0.15) is 0 Å². The van der Waals surface area contributed by atoms with Crippen LogP contribution in [-0.4, -0.2) is 27.0 Å². The number of aliphatic hydroxyl groups excluding tert-OH is 1. The average Bonchev–Trinajstić information content (AvgIpc) is 3.74. The maximum Gasteiger partial charge on any atom is 0.302 e. The van der Waals surface area contributed by atoms with E-state index in [-0.39, 0.29) is 28.0 Å². The van der Waals surface area contributed by atoms with Gasteiger partial charge in [0.25, 0.3) is 5.78 Å². The van der Waals surface area contributed by atoms with Crippen LogP contribution in [0.4, 0.5) is 9.52 Å². The van der Waals surface area contributed by atoms with Crippen molar-refractivity contribution in [2.24, 2.45) is 0 Å².